The monoisotopic (exact) mass is 450 g/mol. The van der Waals surface area contributed by atoms with Crippen LogP contribution in [-0.4, -0.2) is 60.1 Å². The molecule has 0 aliphatic carbocycles. The first kappa shape index (κ1) is 23.0. The summed E-state index contributed by atoms with van der Waals surface area (Å²) in [6.07, 6.45) is 0.819. The SMILES string of the molecule is CC[C@H](C)N(Cc1c(-c2ccc(F)cc2)noc1N1CCN(C)CC1)C(=O)c1ccccc1. The lowest BCUT2D eigenvalue weighted by molar-refractivity contribution is 0.0672. The van der Waals surface area contributed by atoms with Gasteiger partial charge >= 0.3 is 0 Å². The van der Waals surface area contributed by atoms with E-state index in [1.165, 1.54) is 12.1 Å². The summed E-state index contributed by atoms with van der Waals surface area (Å²) >= 11 is 0. The van der Waals surface area contributed by atoms with Crippen LogP contribution in [0.25, 0.3) is 11.3 Å². The minimum Gasteiger partial charge on any atom is -0.338 e. The molecule has 1 fully saturated rings. The smallest absolute Gasteiger partial charge is 0.254 e. The third-order valence-electron chi connectivity index (χ3n) is 6.41. The summed E-state index contributed by atoms with van der Waals surface area (Å²) in [5, 5.41) is 4.39. The van der Waals surface area contributed by atoms with E-state index < -0.39 is 0 Å². The van der Waals surface area contributed by atoms with Crippen LogP contribution >= 0.6 is 0 Å². The zero-order valence-corrected chi connectivity index (χ0v) is 19.5. The molecule has 2 heterocycles. The molecule has 1 aliphatic rings. The number of carbonyl (C=O) groups is 1. The summed E-state index contributed by atoms with van der Waals surface area (Å²) < 4.78 is 19.5. The summed E-state index contributed by atoms with van der Waals surface area (Å²) in [7, 11) is 2.10. The summed E-state index contributed by atoms with van der Waals surface area (Å²) in [6, 6.07) is 15.6. The highest BCUT2D eigenvalue weighted by atomic mass is 19.1. The average Bonchev–Trinajstić information content (AvgIpc) is 3.26. The third kappa shape index (κ3) is 5.09. The maximum Gasteiger partial charge on any atom is 0.254 e. The van der Waals surface area contributed by atoms with Crippen molar-refractivity contribution >= 4 is 11.8 Å². The molecule has 33 heavy (non-hydrogen) atoms. The number of carbonyl (C=O) groups excluding carboxylic acids is 1. The molecule has 174 valence electrons. The van der Waals surface area contributed by atoms with Crippen molar-refractivity contribution in [1.82, 2.24) is 15.0 Å². The average molecular weight is 451 g/mol. The van der Waals surface area contributed by atoms with Gasteiger partial charge in [-0.2, -0.15) is 0 Å². The molecule has 6 nitrogen and oxygen atoms in total. The number of halogens is 1. The Balaban J connectivity index is 1.74. The van der Waals surface area contributed by atoms with Gasteiger partial charge in [-0.25, -0.2) is 4.39 Å². The van der Waals surface area contributed by atoms with Crippen LogP contribution in [-0.2, 0) is 6.54 Å². The Bertz CT molecular complexity index is 1060. The number of amides is 1. The Kier molecular flexibility index (Phi) is 7.08. The topological polar surface area (TPSA) is 52.8 Å². The van der Waals surface area contributed by atoms with Crippen LogP contribution in [0.15, 0.2) is 59.1 Å². The lowest BCUT2D eigenvalue weighted by Crippen LogP contribution is -2.45. The highest BCUT2D eigenvalue weighted by molar-refractivity contribution is 5.94. The maximum atomic E-state index is 13.6. The van der Waals surface area contributed by atoms with Gasteiger partial charge in [0.25, 0.3) is 5.91 Å². The number of anilines is 1. The molecule has 1 atom stereocenters. The van der Waals surface area contributed by atoms with Gasteiger partial charge in [-0.3, -0.25) is 4.79 Å². The van der Waals surface area contributed by atoms with Crippen molar-refractivity contribution in [3.05, 3.63) is 71.5 Å². The van der Waals surface area contributed by atoms with E-state index in [1.54, 1.807) is 12.1 Å². The van der Waals surface area contributed by atoms with Crippen LogP contribution in [0.1, 0.15) is 36.2 Å². The van der Waals surface area contributed by atoms with Crippen molar-refractivity contribution in [3.8, 4) is 11.3 Å². The quantitative estimate of drug-likeness (QED) is 0.524. The Morgan fingerprint density at radius 3 is 2.39 bits per heavy atom. The number of rotatable bonds is 7. The van der Waals surface area contributed by atoms with E-state index in [2.05, 4.69) is 35.9 Å². The van der Waals surface area contributed by atoms with Gasteiger partial charge in [0.05, 0.1) is 12.1 Å². The predicted molar refractivity (Wildman–Crippen MR) is 128 cm³/mol. The lowest BCUT2D eigenvalue weighted by atomic mass is 10.0. The number of nitrogens with zero attached hydrogens (tertiary/aromatic N) is 4. The Labute approximate surface area is 194 Å². The van der Waals surface area contributed by atoms with Crippen LogP contribution in [0.3, 0.4) is 0 Å². The molecule has 0 N–H and O–H groups in total. The highest BCUT2D eigenvalue weighted by Crippen LogP contribution is 2.34. The van der Waals surface area contributed by atoms with E-state index in [1.807, 2.05) is 35.2 Å². The molecule has 0 bridgehead atoms. The Morgan fingerprint density at radius 1 is 1.09 bits per heavy atom. The van der Waals surface area contributed by atoms with Crippen LogP contribution in [0, 0.1) is 5.82 Å². The molecule has 4 rings (SSSR count). The molecule has 1 amide bonds. The summed E-state index contributed by atoms with van der Waals surface area (Å²) in [5.41, 5.74) is 2.93. The van der Waals surface area contributed by atoms with Gasteiger partial charge in [-0.15, -0.1) is 0 Å². The van der Waals surface area contributed by atoms with Crippen molar-refractivity contribution in [1.29, 1.82) is 0 Å². The van der Waals surface area contributed by atoms with Crippen LogP contribution in [0.2, 0.25) is 0 Å². The van der Waals surface area contributed by atoms with Gasteiger partial charge in [0.1, 0.15) is 11.5 Å². The number of hydrogen-bond acceptors (Lipinski definition) is 5. The van der Waals surface area contributed by atoms with Crippen LogP contribution in [0.5, 0.6) is 0 Å². The Hall–Kier alpha value is -3.19. The van der Waals surface area contributed by atoms with Gasteiger partial charge in [0.2, 0.25) is 5.88 Å². The van der Waals surface area contributed by atoms with E-state index in [0.29, 0.717) is 23.7 Å². The van der Waals surface area contributed by atoms with Gasteiger partial charge in [-0.1, -0.05) is 30.3 Å². The first-order valence-electron chi connectivity index (χ1n) is 11.5. The molecule has 1 aromatic heterocycles. The number of hydrogen-bond donors (Lipinski definition) is 0. The van der Waals surface area contributed by atoms with E-state index in [-0.39, 0.29) is 17.8 Å². The summed E-state index contributed by atoms with van der Waals surface area (Å²) in [4.78, 5) is 19.9. The second kappa shape index (κ2) is 10.2. The second-order valence-corrected chi connectivity index (χ2v) is 8.67. The van der Waals surface area contributed by atoms with E-state index in [4.69, 9.17) is 4.52 Å². The largest absolute Gasteiger partial charge is 0.338 e. The minimum atomic E-state index is -0.302. The molecule has 0 saturated carbocycles. The van der Waals surface area contributed by atoms with Crippen molar-refractivity contribution in [2.75, 3.05) is 38.1 Å². The zero-order valence-electron chi connectivity index (χ0n) is 19.5. The summed E-state index contributed by atoms with van der Waals surface area (Å²) in [6.45, 7) is 7.97. The minimum absolute atomic E-state index is 0.0222. The molecule has 0 unspecified atom stereocenters. The van der Waals surface area contributed by atoms with E-state index >= 15 is 0 Å². The fourth-order valence-electron chi connectivity index (χ4n) is 4.10. The number of benzene rings is 2. The summed E-state index contributed by atoms with van der Waals surface area (Å²) in [5.74, 6) is 0.362. The first-order valence-corrected chi connectivity index (χ1v) is 11.5. The molecular formula is C26H31FN4O2. The van der Waals surface area contributed by atoms with E-state index in [9.17, 15) is 9.18 Å². The van der Waals surface area contributed by atoms with Crippen molar-refractivity contribution < 1.29 is 13.7 Å². The van der Waals surface area contributed by atoms with E-state index in [0.717, 1.165) is 43.7 Å². The van der Waals surface area contributed by atoms with Crippen LogP contribution < -0.4 is 4.90 Å². The van der Waals surface area contributed by atoms with Gasteiger partial charge < -0.3 is 19.2 Å². The van der Waals surface area contributed by atoms with Crippen LogP contribution in [0.4, 0.5) is 10.3 Å². The molecule has 1 aliphatic heterocycles. The molecular weight excluding hydrogens is 419 g/mol. The van der Waals surface area contributed by atoms with Crippen molar-refractivity contribution in [2.45, 2.75) is 32.9 Å². The molecule has 0 radical (unpaired) electrons. The zero-order chi connectivity index (χ0) is 23.4. The third-order valence-corrected chi connectivity index (χ3v) is 6.41. The first-order chi connectivity index (χ1) is 16.0. The highest BCUT2D eigenvalue weighted by Gasteiger charge is 2.29. The molecule has 1 saturated heterocycles. The normalized spacial score (nSPS) is 15.5. The number of likely N-dealkylation sites (N-methyl/N-ethyl adjacent to an activating group) is 1. The fourth-order valence-corrected chi connectivity index (χ4v) is 4.10. The predicted octanol–water partition coefficient (Wildman–Crippen LogP) is 4.67. The van der Waals surface area contributed by atoms with Crippen molar-refractivity contribution in [3.63, 3.8) is 0 Å². The van der Waals surface area contributed by atoms with Crippen molar-refractivity contribution in [2.24, 2.45) is 0 Å². The Morgan fingerprint density at radius 2 is 1.76 bits per heavy atom. The van der Waals surface area contributed by atoms with Gasteiger partial charge in [-0.05, 0) is 56.8 Å². The fraction of sp³-hybridized carbons (Fsp3) is 0.385. The number of aromatic nitrogens is 1. The number of piperazine rings is 1. The molecule has 7 heteroatoms. The molecule has 3 aromatic rings. The van der Waals surface area contributed by atoms with Gasteiger partial charge in [0.15, 0.2) is 0 Å². The lowest BCUT2D eigenvalue weighted by Gasteiger charge is -2.33. The van der Waals surface area contributed by atoms with Gasteiger partial charge in [0, 0.05) is 43.3 Å². The maximum absolute atomic E-state index is 13.6. The second-order valence-electron chi connectivity index (χ2n) is 8.67. The standard InChI is InChI=1S/C26H31FN4O2/c1-4-19(2)31(25(32)21-8-6-5-7-9-21)18-23-24(20-10-12-22(27)13-11-20)28-33-26(23)30-16-14-29(3)15-17-30/h5-13,19H,4,14-18H2,1-3H3/t19-/m0/s1. The molecule has 0 spiro atoms. The molecule has 2 aromatic carbocycles.